The molecule has 1 aliphatic heterocycles. The fourth-order valence-electron chi connectivity index (χ4n) is 2.47. The summed E-state index contributed by atoms with van der Waals surface area (Å²) in [5.74, 6) is 0.372. The highest BCUT2D eigenvalue weighted by atomic mass is 16.7. The van der Waals surface area contributed by atoms with E-state index in [2.05, 4.69) is 28.7 Å². The molecular weight excluding hydrogens is 324 g/mol. The minimum atomic E-state index is -0.694. The quantitative estimate of drug-likeness (QED) is 0.509. The van der Waals surface area contributed by atoms with E-state index in [0.717, 1.165) is 38.8 Å². The van der Waals surface area contributed by atoms with Crippen LogP contribution in [0.5, 0.6) is 0 Å². The second-order valence-corrected chi connectivity index (χ2v) is 6.00. The van der Waals surface area contributed by atoms with E-state index >= 15 is 0 Å². The zero-order valence-electron chi connectivity index (χ0n) is 15.0. The minimum Gasteiger partial charge on any atom is -0.391 e. The van der Waals surface area contributed by atoms with Gasteiger partial charge < -0.3 is 19.5 Å². The molecule has 1 fully saturated rings. The minimum absolute atomic E-state index is 0.206. The van der Waals surface area contributed by atoms with Crippen molar-refractivity contribution in [2.24, 2.45) is 4.99 Å². The van der Waals surface area contributed by atoms with Crippen LogP contribution in [0.4, 0.5) is 5.82 Å². The van der Waals surface area contributed by atoms with Crippen LogP contribution in [0.1, 0.15) is 45.8 Å². The Kier molecular flexibility index (Phi) is 8.03. The average molecular weight is 352 g/mol. The standard InChI is InChI=1S/C17H28N4O4/c1-3-5-8-20(9-6-4-2)13-18-14-7-10-21(17(23)19-14)15-12-24-16(11-22)25-15/h7,10,13,15-16,22H,3-6,8-9,11-12H2,1-2H3/t15-,16-/m0/s1. The van der Waals surface area contributed by atoms with Crippen molar-refractivity contribution in [3.05, 3.63) is 22.7 Å². The Bertz CT molecular complexity index is 597. The van der Waals surface area contributed by atoms with Gasteiger partial charge in [0.15, 0.2) is 18.3 Å². The van der Waals surface area contributed by atoms with E-state index in [1.165, 1.54) is 4.57 Å². The number of rotatable bonds is 10. The van der Waals surface area contributed by atoms with E-state index in [0.29, 0.717) is 5.82 Å². The molecule has 1 saturated heterocycles. The highest BCUT2D eigenvalue weighted by molar-refractivity contribution is 5.59. The summed E-state index contributed by atoms with van der Waals surface area (Å²) in [6.45, 7) is 6.18. The van der Waals surface area contributed by atoms with Crippen LogP contribution in [-0.2, 0) is 9.47 Å². The molecule has 0 unspecified atom stereocenters. The van der Waals surface area contributed by atoms with Crippen molar-refractivity contribution in [2.75, 3.05) is 26.3 Å². The third kappa shape index (κ3) is 5.91. The van der Waals surface area contributed by atoms with Gasteiger partial charge in [-0.15, -0.1) is 0 Å². The summed E-state index contributed by atoms with van der Waals surface area (Å²) in [7, 11) is 0. The van der Waals surface area contributed by atoms with Gasteiger partial charge in [-0.25, -0.2) is 9.79 Å². The highest BCUT2D eigenvalue weighted by Gasteiger charge is 2.27. The van der Waals surface area contributed by atoms with Gasteiger partial charge in [-0.1, -0.05) is 26.7 Å². The maximum Gasteiger partial charge on any atom is 0.351 e. The Morgan fingerprint density at radius 1 is 1.40 bits per heavy atom. The van der Waals surface area contributed by atoms with Crippen LogP contribution in [0.3, 0.4) is 0 Å². The van der Waals surface area contributed by atoms with Gasteiger partial charge in [-0.3, -0.25) is 4.57 Å². The Balaban J connectivity index is 2.02. The Morgan fingerprint density at radius 3 is 2.68 bits per heavy atom. The summed E-state index contributed by atoms with van der Waals surface area (Å²) >= 11 is 0. The largest absolute Gasteiger partial charge is 0.391 e. The molecule has 25 heavy (non-hydrogen) atoms. The van der Waals surface area contributed by atoms with E-state index < -0.39 is 18.2 Å². The summed E-state index contributed by atoms with van der Waals surface area (Å²) in [6.07, 6.45) is 6.57. The van der Waals surface area contributed by atoms with Crippen molar-refractivity contribution < 1.29 is 14.6 Å². The Morgan fingerprint density at radius 2 is 2.12 bits per heavy atom. The number of hydrogen-bond acceptors (Lipinski definition) is 6. The fraction of sp³-hybridized carbons (Fsp3) is 0.706. The molecule has 2 atom stereocenters. The molecule has 8 nitrogen and oxygen atoms in total. The van der Waals surface area contributed by atoms with E-state index in [1.54, 1.807) is 18.6 Å². The number of aliphatic hydroxyl groups is 1. The average Bonchev–Trinajstić information content (AvgIpc) is 3.10. The molecule has 0 spiro atoms. The van der Waals surface area contributed by atoms with Gasteiger partial charge in [0.05, 0.1) is 19.6 Å². The molecule has 8 heteroatoms. The van der Waals surface area contributed by atoms with E-state index in [9.17, 15) is 4.79 Å². The summed E-state index contributed by atoms with van der Waals surface area (Å²) in [6, 6.07) is 1.67. The summed E-state index contributed by atoms with van der Waals surface area (Å²) in [4.78, 5) is 22.7. The molecule has 140 valence electrons. The maximum absolute atomic E-state index is 12.2. The number of aliphatic hydroxyl groups excluding tert-OH is 1. The summed E-state index contributed by atoms with van der Waals surface area (Å²) in [5, 5.41) is 9.01. The lowest BCUT2D eigenvalue weighted by molar-refractivity contribution is -0.0992. The molecule has 1 aromatic heterocycles. The van der Waals surface area contributed by atoms with E-state index in [4.69, 9.17) is 14.6 Å². The van der Waals surface area contributed by atoms with Gasteiger partial charge in [-0.05, 0) is 18.9 Å². The molecule has 1 aliphatic rings. The third-order valence-corrected chi connectivity index (χ3v) is 3.96. The third-order valence-electron chi connectivity index (χ3n) is 3.96. The Hall–Kier alpha value is -1.77. The molecule has 0 aliphatic carbocycles. The molecule has 0 aromatic carbocycles. The van der Waals surface area contributed by atoms with Crippen LogP contribution in [0.15, 0.2) is 22.1 Å². The molecule has 0 saturated carbocycles. The lowest BCUT2D eigenvalue weighted by Crippen LogP contribution is -2.28. The van der Waals surface area contributed by atoms with Crippen LogP contribution in [0.25, 0.3) is 0 Å². The monoisotopic (exact) mass is 352 g/mol. The van der Waals surface area contributed by atoms with Crippen LogP contribution >= 0.6 is 0 Å². The molecule has 2 rings (SSSR count). The molecule has 0 amide bonds. The van der Waals surface area contributed by atoms with Gasteiger partial charge in [0.25, 0.3) is 0 Å². The first kappa shape index (κ1) is 19.6. The van der Waals surface area contributed by atoms with Gasteiger partial charge in [0, 0.05) is 19.3 Å². The van der Waals surface area contributed by atoms with Crippen molar-refractivity contribution in [2.45, 2.75) is 52.0 Å². The lowest BCUT2D eigenvalue weighted by Gasteiger charge is -2.18. The molecular formula is C17H28N4O4. The predicted molar refractivity (Wildman–Crippen MR) is 95.0 cm³/mol. The van der Waals surface area contributed by atoms with Gasteiger partial charge in [0.1, 0.15) is 0 Å². The molecule has 2 heterocycles. The van der Waals surface area contributed by atoms with Crippen molar-refractivity contribution in [1.82, 2.24) is 14.5 Å². The van der Waals surface area contributed by atoms with Gasteiger partial charge >= 0.3 is 5.69 Å². The number of hydrogen-bond donors (Lipinski definition) is 1. The number of nitrogens with zero attached hydrogens (tertiary/aromatic N) is 4. The topological polar surface area (TPSA) is 89.2 Å². The van der Waals surface area contributed by atoms with Crippen LogP contribution < -0.4 is 5.69 Å². The van der Waals surface area contributed by atoms with Crippen LogP contribution in [0.2, 0.25) is 0 Å². The molecule has 1 N–H and O–H groups in total. The number of aromatic nitrogens is 2. The second-order valence-electron chi connectivity index (χ2n) is 6.00. The van der Waals surface area contributed by atoms with Crippen LogP contribution in [0, 0.1) is 0 Å². The first-order valence-electron chi connectivity index (χ1n) is 8.93. The fourth-order valence-corrected chi connectivity index (χ4v) is 2.47. The maximum atomic E-state index is 12.2. The summed E-state index contributed by atoms with van der Waals surface area (Å²) in [5.41, 5.74) is -0.449. The molecule has 0 bridgehead atoms. The van der Waals surface area contributed by atoms with Crippen molar-refractivity contribution in [3.63, 3.8) is 0 Å². The second kappa shape index (κ2) is 10.3. The Labute approximate surface area is 148 Å². The number of ether oxygens (including phenoxy) is 2. The van der Waals surface area contributed by atoms with E-state index in [1.807, 2.05) is 0 Å². The zero-order valence-corrected chi connectivity index (χ0v) is 15.0. The van der Waals surface area contributed by atoms with Gasteiger partial charge in [-0.2, -0.15) is 4.98 Å². The van der Waals surface area contributed by atoms with Crippen molar-refractivity contribution in [1.29, 1.82) is 0 Å². The lowest BCUT2D eigenvalue weighted by atomic mass is 10.3. The van der Waals surface area contributed by atoms with Crippen molar-refractivity contribution >= 4 is 12.2 Å². The molecule has 0 radical (unpaired) electrons. The molecule has 1 aromatic rings. The smallest absolute Gasteiger partial charge is 0.351 e. The first-order valence-corrected chi connectivity index (χ1v) is 8.93. The highest BCUT2D eigenvalue weighted by Crippen LogP contribution is 2.19. The predicted octanol–water partition coefficient (Wildman–Crippen LogP) is 1.67. The SMILES string of the molecule is CCCCN(C=Nc1ccn([C@@H]2CO[C@H](CO)O2)c(=O)n1)CCCC. The van der Waals surface area contributed by atoms with Crippen molar-refractivity contribution in [3.8, 4) is 0 Å². The number of unbranched alkanes of at least 4 members (excludes halogenated alkanes) is 2. The van der Waals surface area contributed by atoms with Crippen LogP contribution in [-0.4, -0.2) is 58.5 Å². The summed E-state index contributed by atoms with van der Waals surface area (Å²) < 4.78 is 12.0. The normalized spacial score (nSPS) is 20.4. The zero-order chi connectivity index (χ0) is 18.1. The van der Waals surface area contributed by atoms with Gasteiger partial charge in [0.2, 0.25) is 0 Å². The number of aliphatic imine (C=N–C) groups is 1. The first-order chi connectivity index (χ1) is 12.2. The van der Waals surface area contributed by atoms with E-state index in [-0.39, 0.29) is 13.2 Å².